The summed E-state index contributed by atoms with van der Waals surface area (Å²) in [7, 11) is 0. The number of aromatic nitrogens is 2. The van der Waals surface area contributed by atoms with Crippen molar-refractivity contribution >= 4 is 18.3 Å². The second-order valence-corrected chi connectivity index (χ2v) is 6.00. The Balaban J connectivity index is 0.00000176. The Morgan fingerprint density at radius 3 is 2.73 bits per heavy atom. The first-order valence-corrected chi connectivity index (χ1v) is 7.88. The zero-order valence-electron chi connectivity index (χ0n) is 12.8. The number of piperidine rings is 1. The molecule has 3 heterocycles. The lowest BCUT2D eigenvalue weighted by Crippen LogP contribution is -2.55. The predicted molar refractivity (Wildman–Crippen MR) is 86.1 cm³/mol. The van der Waals surface area contributed by atoms with Crippen LogP contribution in [0.3, 0.4) is 0 Å². The maximum atomic E-state index is 12.8. The van der Waals surface area contributed by atoms with E-state index in [1.807, 2.05) is 16.9 Å². The quantitative estimate of drug-likeness (QED) is 0.862. The van der Waals surface area contributed by atoms with E-state index < -0.39 is 5.54 Å². The Bertz CT molecular complexity index is 454. The van der Waals surface area contributed by atoms with Crippen LogP contribution < -0.4 is 10.6 Å². The van der Waals surface area contributed by atoms with Crippen LogP contribution in [0.2, 0.25) is 0 Å². The van der Waals surface area contributed by atoms with Gasteiger partial charge in [-0.2, -0.15) is 5.10 Å². The molecule has 7 heteroatoms. The van der Waals surface area contributed by atoms with Gasteiger partial charge in [-0.15, -0.1) is 12.4 Å². The number of hydrogen-bond donors (Lipinski definition) is 2. The molecule has 0 aliphatic carbocycles. The van der Waals surface area contributed by atoms with Crippen molar-refractivity contribution < 1.29 is 9.53 Å². The number of nitrogens with one attached hydrogen (secondary N) is 2. The highest BCUT2D eigenvalue weighted by atomic mass is 35.5. The summed E-state index contributed by atoms with van der Waals surface area (Å²) < 4.78 is 7.21. The van der Waals surface area contributed by atoms with Gasteiger partial charge in [0.15, 0.2) is 0 Å². The number of ether oxygens (including phenoxy) is 1. The molecule has 0 aromatic carbocycles. The normalized spacial score (nSPS) is 21.8. The number of carbonyl (C=O) groups excluding carboxylic acids is 1. The zero-order chi connectivity index (χ0) is 14.5. The van der Waals surface area contributed by atoms with Crippen LogP contribution in [0, 0.1) is 5.92 Å². The Hall–Kier alpha value is -1.11. The van der Waals surface area contributed by atoms with Crippen LogP contribution in [0.5, 0.6) is 0 Å². The van der Waals surface area contributed by atoms with Crippen LogP contribution in [0.25, 0.3) is 0 Å². The zero-order valence-corrected chi connectivity index (χ0v) is 13.6. The van der Waals surface area contributed by atoms with Crippen molar-refractivity contribution in [3.63, 3.8) is 0 Å². The van der Waals surface area contributed by atoms with Gasteiger partial charge >= 0.3 is 0 Å². The highest BCUT2D eigenvalue weighted by molar-refractivity contribution is 5.85. The van der Waals surface area contributed by atoms with Crippen LogP contribution in [-0.2, 0) is 15.1 Å². The van der Waals surface area contributed by atoms with Crippen LogP contribution >= 0.6 is 12.4 Å². The summed E-state index contributed by atoms with van der Waals surface area (Å²) >= 11 is 0. The van der Waals surface area contributed by atoms with Crippen LogP contribution in [0.15, 0.2) is 18.5 Å². The standard InChI is InChI=1S/C15H24N4O2.ClH/c20-14(17-12-13-2-10-21-11-3-13)15(4-7-16-8-5-15)19-9-1-6-18-19;/h1,6,9,13,16H,2-5,7-8,10-12H2,(H,17,20);1H. The number of amides is 1. The van der Waals surface area contributed by atoms with Crippen LogP contribution in [-0.4, -0.2) is 48.5 Å². The molecule has 0 spiro atoms. The van der Waals surface area contributed by atoms with Gasteiger partial charge < -0.3 is 15.4 Å². The average Bonchev–Trinajstić information content (AvgIpc) is 3.09. The van der Waals surface area contributed by atoms with Gasteiger partial charge in [0, 0.05) is 32.2 Å². The number of hydrogen-bond acceptors (Lipinski definition) is 4. The smallest absolute Gasteiger partial charge is 0.248 e. The molecule has 1 amide bonds. The van der Waals surface area contributed by atoms with Gasteiger partial charge in [-0.3, -0.25) is 9.48 Å². The molecule has 124 valence electrons. The lowest BCUT2D eigenvalue weighted by atomic mass is 9.87. The number of halogens is 1. The summed E-state index contributed by atoms with van der Waals surface area (Å²) in [5, 5.41) is 10.8. The second kappa shape index (κ2) is 7.94. The van der Waals surface area contributed by atoms with Crippen molar-refractivity contribution in [2.45, 2.75) is 31.2 Å². The fourth-order valence-corrected chi connectivity index (χ4v) is 3.27. The molecule has 2 fully saturated rings. The van der Waals surface area contributed by atoms with Crippen molar-refractivity contribution in [3.8, 4) is 0 Å². The van der Waals surface area contributed by atoms with Crippen LogP contribution in [0.4, 0.5) is 0 Å². The van der Waals surface area contributed by atoms with Gasteiger partial charge in [0.2, 0.25) is 5.91 Å². The molecule has 0 radical (unpaired) electrons. The minimum absolute atomic E-state index is 0. The molecule has 2 saturated heterocycles. The third kappa shape index (κ3) is 3.62. The van der Waals surface area contributed by atoms with E-state index in [0.29, 0.717) is 5.92 Å². The molecule has 0 saturated carbocycles. The third-order valence-corrected chi connectivity index (χ3v) is 4.69. The average molecular weight is 329 g/mol. The second-order valence-electron chi connectivity index (χ2n) is 6.00. The molecular formula is C15H25ClN4O2. The molecule has 2 aliphatic heterocycles. The maximum absolute atomic E-state index is 12.8. The van der Waals surface area contributed by atoms with Crippen LogP contribution in [0.1, 0.15) is 25.7 Å². The van der Waals surface area contributed by atoms with E-state index >= 15 is 0 Å². The highest BCUT2D eigenvalue weighted by Gasteiger charge is 2.41. The van der Waals surface area contributed by atoms with Crippen molar-refractivity contribution in [3.05, 3.63) is 18.5 Å². The fraction of sp³-hybridized carbons (Fsp3) is 0.733. The molecule has 2 N–H and O–H groups in total. The van der Waals surface area contributed by atoms with Crippen molar-refractivity contribution in [1.82, 2.24) is 20.4 Å². The SMILES string of the molecule is Cl.O=C(NCC1CCOCC1)C1(n2cccn2)CCNCC1. The molecule has 22 heavy (non-hydrogen) atoms. The van der Waals surface area contributed by atoms with E-state index in [-0.39, 0.29) is 18.3 Å². The van der Waals surface area contributed by atoms with E-state index in [9.17, 15) is 4.79 Å². The van der Waals surface area contributed by atoms with Gasteiger partial charge in [0.05, 0.1) is 0 Å². The summed E-state index contributed by atoms with van der Waals surface area (Å²) in [6, 6.07) is 1.88. The molecule has 2 aliphatic rings. The van der Waals surface area contributed by atoms with Crippen molar-refractivity contribution in [2.75, 3.05) is 32.8 Å². The Labute approximate surface area is 137 Å². The Morgan fingerprint density at radius 1 is 1.36 bits per heavy atom. The Kier molecular flexibility index (Phi) is 6.23. The van der Waals surface area contributed by atoms with E-state index in [0.717, 1.165) is 58.5 Å². The monoisotopic (exact) mass is 328 g/mol. The molecule has 0 unspecified atom stereocenters. The number of nitrogens with zero attached hydrogens (tertiary/aromatic N) is 2. The Morgan fingerprint density at radius 2 is 2.09 bits per heavy atom. The largest absolute Gasteiger partial charge is 0.381 e. The first-order chi connectivity index (χ1) is 10.3. The maximum Gasteiger partial charge on any atom is 0.248 e. The minimum Gasteiger partial charge on any atom is -0.381 e. The molecule has 3 rings (SSSR count). The fourth-order valence-electron chi connectivity index (χ4n) is 3.27. The first kappa shape index (κ1) is 17.2. The van der Waals surface area contributed by atoms with E-state index in [4.69, 9.17) is 4.74 Å². The highest BCUT2D eigenvalue weighted by Crippen LogP contribution is 2.27. The molecule has 1 aromatic heterocycles. The van der Waals surface area contributed by atoms with Gasteiger partial charge in [0.1, 0.15) is 5.54 Å². The molecule has 0 atom stereocenters. The lowest BCUT2D eigenvalue weighted by Gasteiger charge is -2.37. The summed E-state index contributed by atoms with van der Waals surface area (Å²) in [6.07, 6.45) is 7.30. The molecule has 1 aromatic rings. The van der Waals surface area contributed by atoms with Gasteiger partial charge in [-0.25, -0.2) is 0 Å². The molecular weight excluding hydrogens is 304 g/mol. The van der Waals surface area contributed by atoms with Crippen molar-refractivity contribution in [1.29, 1.82) is 0 Å². The lowest BCUT2D eigenvalue weighted by molar-refractivity contribution is -0.132. The molecule has 0 bridgehead atoms. The van der Waals surface area contributed by atoms with E-state index in [1.54, 1.807) is 6.20 Å². The van der Waals surface area contributed by atoms with E-state index in [1.165, 1.54) is 0 Å². The van der Waals surface area contributed by atoms with Crippen molar-refractivity contribution in [2.24, 2.45) is 5.92 Å². The number of rotatable bonds is 4. The predicted octanol–water partition coefficient (Wildman–Crippen LogP) is 0.926. The minimum atomic E-state index is -0.528. The number of carbonyl (C=O) groups is 1. The topological polar surface area (TPSA) is 68.2 Å². The van der Waals surface area contributed by atoms with Gasteiger partial charge in [-0.1, -0.05) is 0 Å². The summed E-state index contributed by atoms with van der Waals surface area (Å²) in [5.41, 5.74) is -0.528. The summed E-state index contributed by atoms with van der Waals surface area (Å²) in [4.78, 5) is 12.8. The third-order valence-electron chi connectivity index (χ3n) is 4.69. The summed E-state index contributed by atoms with van der Waals surface area (Å²) in [5.74, 6) is 0.651. The first-order valence-electron chi connectivity index (χ1n) is 7.88. The van der Waals surface area contributed by atoms with Gasteiger partial charge in [-0.05, 0) is 50.8 Å². The molecule has 6 nitrogen and oxygen atoms in total. The summed E-state index contributed by atoms with van der Waals surface area (Å²) in [6.45, 7) is 4.08. The van der Waals surface area contributed by atoms with E-state index in [2.05, 4.69) is 15.7 Å². The van der Waals surface area contributed by atoms with Gasteiger partial charge in [0.25, 0.3) is 0 Å².